The lowest BCUT2D eigenvalue weighted by Gasteiger charge is -2.28. The third kappa shape index (κ3) is 0.788. The summed E-state index contributed by atoms with van der Waals surface area (Å²) in [4.78, 5) is 11.1. The summed E-state index contributed by atoms with van der Waals surface area (Å²) < 4.78 is 0. The maximum absolute atomic E-state index is 11.1. The number of hydrogen-bond donors (Lipinski definition) is 0. The van der Waals surface area contributed by atoms with Crippen LogP contribution in [0, 0.1) is 0 Å². The van der Waals surface area contributed by atoms with Gasteiger partial charge in [0.05, 0.1) is 0 Å². The van der Waals surface area contributed by atoms with Gasteiger partial charge in [0.25, 0.3) is 0 Å². The molecule has 0 amide bonds. The van der Waals surface area contributed by atoms with Crippen LogP contribution < -0.4 is 0 Å². The third-order valence-corrected chi connectivity index (χ3v) is 2.61. The Morgan fingerprint density at radius 3 is 2.46 bits per heavy atom. The Hall–Kier alpha value is -1.63. The molecule has 2 aliphatic carbocycles. The predicted molar refractivity (Wildman–Crippen MR) is 52.0 cm³/mol. The molecule has 0 bridgehead atoms. The Morgan fingerprint density at radius 2 is 1.69 bits per heavy atom. The van der Waals surface area contributed by atoms with Gasteiger partial charge in [-0.25, -0.2) is 0 Å². The number of rotatable bonds is 0. The first kappa shape index (κ1) is 6.84. The predicted octanol–water partition coefficient (Wildman–Crippen LogP) is 2.44. The Bertz CT molecular complexity index is 464. The average Bonchev–Trinajstić information content (AvgIpc) is 2.15. The zero-order valence-corrected chi connectivity index (χ0v) is 7.08. The zero-order chi connectivity index (χ0) is 8.84. The van der Waals surface area contributed by atoms with E-state index in [0.717, 1.165) is 5.57 Å². The molecule has 0 heterocycles. The number of hydrogen-bond acceptors (Lipinski definition) is 1. The molecule has 0 atom stereocenters. The van der Waals surface area contributed by atoms with Crippen molar-refractivity contribution < 1.29 is 4.79 Å². The molecule has 0 aliphatic heterocycles. The Kier molecular flexibility index (Phi) is 1.15. The van der Waals surface area contributed by atoms with Gasteiger partial charge >= 0.3 is 0 Å². The summed E-state index contributed by atoms with van der Waals surface area (Å²) in [5, 5.41) is 0. The summed E-state index contributed by atoms with van der Waals surface area (Å²) >= 11 is 0. The monoisotopic (exact) mass is 168 g/mol. The van der Waals surface area contributed by atoms with E-state index >= 15 is 0 Å². The van der Waals surface area contributed by atoms with Crippen LogP contribution in [0.1, 0.15) is 17.5 Å². The third-order valence-electron chi connectivity index (χ3n) is 2.61. The van der Waals surface area contributed by atoms with Gasteiger partial charge in [0, 0.05) is 6.42 Å². The summed E-state index contributed by atoms with van der Waals surface area (Å²) in [6.07, 6.45) is 4.35. The summed E-state index contributed by atoms with van der Waals surface area (Å²) in [5.41, 5.74) is 4.91. The summed E-state index contributed by atoms with van der Waals surface area (Å²) in [7, 11) is 0. The molecule has 1 aromatic carbocycles. The molecule has 1 heteroatoms. The van der Waals surface area contributed by atoms with Crippen LogP contribution in [0.2, 0.25) is 0 Å². The second-order valence-corrected chi connectivity index (χ2v) is 3.39. The first-order chi connectivity index (χ1) is 6.36. The summed E-state index contributed by atoms with van der Waals surface area (Å²) in [5.74, 6) is 0.216. The number of allylic oxidation sites excluding steroid dienone is 4. The Balaban J connectivity index is 2.26. The van der Waals surface area contributed by atoms with Crippen molar-refractivity contribution in [3.05, 3.63) is 47.5 Å². The van der Waals surface area contributed by atoms with E-state index in [-0.39, 0.29) is 5.78 Å². The van der Waals surface area contributed by atoms with Crippen LogP contribution in [0.25, 0.3) is 11.1 Å². The minimum Gasteiger partial charge on any atom is -0.294 e. The van der Waals surface area contributed by atoms with Crippen LogP contribution in [0.3, 0.4) is 0 Å². The van der Waals surface area contributed by atoms with Crippen molar-refractivity contribution in [1.29, 1.82) is 0 Å². The molecule has 0 unspecified atom stereocenters. The fourth-order valence-corrected chi connectivity index (χ4v) is 1.98. The first-order valence-corrected chi connectivity index (χ1v) is 4.41. The maximum atomic E-state index is 11.1. The largest absolute Gasteiger partial charge is 0.294 e. The Labute approximate surface area is 76.4 Å². The molecule has 0 fully saturated rings. The highest BCUT2D eigenvalue weighted by Crippen LogP contribution is 2.46. The van der Waals surface area contributed by atoms with E-state index in [1.165, 1.54) is 16.7 Å². The summed E-state index contributed by atoms with van der Waals surface area (Å²) in [6.45, 7) is 0. The normalized spacial score (nSPS) is 18.0. The molecule has 2 aliphatic rings. The van der Waals surface area contributed by atoms with Gasteiger partial charge in [-0.15, -0.1) is 0 Å². The number of fused-ring (bicyclic) bond motifs is 4. The molecule has 0 spiro atoms. The van der Waals surface area contributed by atoms with Gasteiger partial charge in [0.1, 0.15) is 0 Å². The van der Waals surface area contributed by atoms with Crippen LogP contribution >= 0.6 is 0 Å². The van der Waals surface area contributed by atoms with Crippen LogP contribution in [0.4, 0.5) is 0 Å². The minimum absolute atomic E-state index is 0.216. The molecule has 13 heavy (non-hydrogen) atoms. The number of ketones is 1. The lowest BCUT2D eigenvalue weighted by molar-refractivity contribution is -0.113. The molecule has 0 saturated heterocycles. The van der Waals surface area contributed by atoms with Crippen molar-refractivity contribution in [2.24, 2.45) is 0 Å². The van der Waals surface area contributed by atoms with Crippen LogP contribution in [0.5, 0.6) is 0 Å². The Morgan fingerprint density at radius 1 is 1.00 bits per heavy atom. The molecule has 0 saturated carbocycles. The van der Waals surface area contributed by atoms with Crippen molar-refractivity contribution in [2.45, 2.75) is 6.42 Å². The topological polar surface area (TPSA) is 17.1 Å². The van der Waals surface area contributed by atoms with Gasteiger partial charge in [-0.05, 0) is 28.3 Å². The van der Waals surface area contributed by atoms with Crippen molar-refractivity contribution in [3.8, 4) is 0 Å². The highest BCUT2D eigenvalue weighted by Gasteiger charge is 2.27. The molecule has 0 radical (unpaired) electrons. The molecular weight excluding hydrogens is 160 g/mol. The molecule has 0 N–H and O–H groups in total. The first-order valence-electron chi connectivity index (χ1n) is 4.41. The van der Waals surface area contributed by atoms with Gasteiger partial charge in [-0.1, -0.05) is 30.3 Å². The van der Waals surface area contributed by atoms with E-state index in [1.807, 2.05) is 18.2 Å². The average molecular weight is 168 g/mol. The van der Waals surface area contributed by atoms with Crippen molar-refractivity contribution in [2.75, 3.05) is 0 Å². The molecular formula is C12H8O. The molecule has 62 valence electrons. The number of benzene rings is 1. The van der Waals surface area contributed by atoms with E-state index < -0.39 is 0 Å². The number of carbonyl (C=O) groups is 1. The van der Waals surface area contributed by atoms with Crippen molar-refractivity contribution in [3.63, 3.8) is 0 Å². The SMILES string of the molecule is O=C1C=C2C(=CC1)c1ccccc12. The minimum atomic E-state index is 0.216. The van der Waals surface area contributed by atoms with Crippen molar-refractivity contribution in [1.82, 2.24) is 0 Å². The van der Waals surface area contributed by atoms with Crippen LogP contribution in [-0.2, 0) is 4.79 Å². The highest BCUT2D eigenvalue weighted by atomic mass is 16.1. The van der Waals surface area contributed by atoms with E-state index in [1.54, 1.807) is 6.08 Å². The van der Waals surface area contributed by atoms with Gasteiger partial charge in [0.15, 0.2) is 5.78 Å². The lowest BCUT2D eigenvalue weighted by Crippen LogP contribution is -2.11. The highest BCUT2D eigenvalue weighted by molar-refractivity contribution is 6.23. The fourth-order valence-electron chi connectivity index (χ4n) is 1.98. The smallest absolute Gasteiger partial charge is 0.160 e. The van der Waals surface area contributed by atoms with Gasteiger partial charge in [-0.3, -0.25) is 4.79 Å². The summed E-state index contributed by atoms with van der Waals surface area (Å²) in [6, 6.07) is 8.22. The molecule has 1 aromatic rings. The van der Waals surface area contributed by atoms with Gasteiger partial charge in [-0.2, -0.15) is 0 Å². The molecule has 3 rings (SSSR count). The van der Waals surface area contributed by atoms with Gasteiger partial charge < -0.3 is 0 Å². The second-order valence-electron chi connectivity index (χ2n) is 3.39. The zero-order valence-electron chi connectivity index (χ0n) is 7.08. The van der Waals surface area contributed by atoms with Crippen molar-refractivity contribution >= 4 is 16.9 Å². The van der Waals surface area contributed by atoms with E-state index in [9.17, 15) is 4.79 Å². The van der Waals surface area contributed by atoms with Crippen LogP contribution in [-0.4, -0.2) is 5.78 Å². The lowest BCUT2D eigenvalue weighted by atomic mass is 9.74. The molecule has 0 aromatic heterocycles. The quantitative estimate of drug-likeness (QED) is 0.581. The van der Waals surface area contributed by atoms with Crippen LogP contribution in [0.15, 0.2) is 36.4 Å². The van der Waals surface area contributed by atoms with Gasteiger partial charge in [0.2, 0.25) is 0 Å². The molecule has 1 nitrogen and oxygen atoms in total. The standard InChI is InChI=1S/C12H8O/c13-8-5-6-11-9-3-1-2-4-10(9)12(11)7-8/h1-4,6-7H,5H2. The number of carbonyl (C=O) groups excluding carboxylic acids is 1. The second kappa shape index (κ2) is 2.19. The van der Waals surface area contributed by atoms with E-state index in [4.69, 9.17) is 0 Å². The van der Waals surface area contributed by atoms with E-state index in [2.05, 4.69) is 12.1 Å². The van der Waals surface area contributed by atoms with E-state index in [0.29, 0.717) is 6.42 Å². The maximum Gasteiger partial charge on any atom is 0.160 e. The fraction of sp³-hybridized carbons (Fsp3) is 0.0833.